The Kier molecular flexibility index (Phi) is 39.7. The molecule has 4 nitrogen and oxygen atoms in total. The molecule has 0 aromatic carbocycles. The van der Waals surface area contributed by atoms with Crippen molar-refractivity contribution >= 4 is 10.4 Å². The molecule has 1 unspecified atom stereocenters. The third-order valence-electron chi connectivity index (χ3n) is 8.49. The molecule has 0 heterocycles. The first-order valence-electron chi connectivity index (χ1n) is 18.3. The average Bonchev–Trinajstić information content (AvgIpc) is 2.94. The van der Waals surface area contributed by atoms with Crippen molar-refractivity contribution in [3.05, 3.63) is 12.2 Å². The van der Waals surface area contributed by atoms with Gasteiger partial charge in [0.25, 0.3) is 0 Å². The molecule has 0 aliphatic heterocycles. The van der Waals surface area contributed by atoms with Crippen LogP contribution in [0.2, 0.25) is 0 Å². The zero-order valence-electron chi connectivity index (χ0n) is 28.7. The molecule has 0 spiro atoms. The van der Waals surface area contributed by atoms with E-state index in [4.69, 9.17) is 0 Å². The minimum absolute atomic E-state index is 0. The van der Waals surface area contributed by atoms with Crippen molar-refractivity contribution in [2.24, 2.45) is 5.92 Å². The maximum Gasteiger partial charge on any atom is 1.00 e. The Hall–Kier alpha value is 1.25. The van der Waals surface area contributed by atoms with Gasteiger partial charge in [-0.2, -0.15) is 0 Å². The summed E-state index contributed by atoms with van der Waals surface area (Å²) in [5.41, 5.74) is 0. The van der Waals surface area contributed by atoms with Gasteiger partial charge in [0.2, 0.25) is 10.4 Å². The predicted octanol–water partition coefficient (Wildman–Crippen LogP) is 9.38. The summed E-state index contributed by atoms with van der Waals surface area (Å²) in [5.74, 6) is 0.0164. The molecule has 0 saturated carbocycles. The Labute approximate surface area is 307 Å². The number of hydrogen-bond acceptors (Lipinski definition) is 4. The van der Waals surface area contributed by atoms with E-state index in [2.05, 4.69) is 30.2 Å². The zero-order valence-corrected chi connectivity index (χ0v) is 32.6. The molecular formula is C36H71KO4S. The fraction of sp³-hybridized carbons (Fsp3) is 0.944. The van der Waals surface area contributed by atoms with E-state index in [1.165, 1.54) is 173 Å². The summed E-state index contributed by atoms with van der Waals surface area (Å²) in [7, 11) is -4.62. The molecule has 0 rings (SSSR count). The quantitative estimate of drug-likeness (QED) is 0.0232. The standard InChI is InChI=1S/C36H72O4S.K/c1-3-5-7-9-11-13-15-17-19-20-22-24-26-28-30-32-34-36(35-40-41(37,38)39)33-31-29-27-25-23-21-18-16-14-12-10-8-6-4-2;/h32,34,36H,3-31,33,35H2,1-2H3,(H,37,38,39);/q;+1/p-1/b34-32+;. The van der Waals surface area contributed by atoms with Gasteiger partial charge >= 0.3 is 51.4 Å². The molecule has 0 amide bonds. The molecule has 1 atom stereocenters. The Balaban J connectivity index is 0. The van der Waals surface area contributed by atoms with E-state index in [0.717, 1.165) is 19.3 Å². The van der Waals surface area contributed by atoms with Crippen LogP contribution in [0.1, 0.15) is 206 Å². The molecule has 0 aliphatic rings. The van der Waals surface area contributed by atoms with Crippen LogP contribution in [-0.2, 0) is 14.6 Å². The predicted molar refractivity (Wildman–Crippen MR) is 178 cm³/mol. The van der Waals surface area contributed by atoms with E-state index in [0.29, 0.717) is 0 Å². The SMILES string of the molecule is CCCCCCCCCCCCCCCC/C=C/C(CCCCCCCCCCCCCCCC)COS(=O)(=O)[O-].[K+]. The van der Waals surface area contributed by atoms with Crippen LogP contribution in [0, 0.1) is 5.92 Å². The monoisotopic (exact) mass is 638 g/mol. The van der Waals surface area contributed by atoms with Crippen molar-refractivity contribution < 1.29 is 68.5 Å². The topological polar surface area (TPSA) is 66.4 Å². The molecule has 0 saturated heterocycles. The molecule has 0 aromatic heterocycles. The first kappa shape index (κ1) is 45.4. The average molecular weight is 639 g/mol. The fourth-order valence-corrected chi connectivity index (χ4v) is 6.09. The summed E-state index contributed by atoms with van der Waals surface area (Å²) >= 11 is 0. The molecule has 42 heavy (non-hydrogen) atoms. The molecular weight excluding hydrogens is 568 g/mol. The van der Waals surface area contributed by atoms with Crippen LogP contribution < -0.4 is 51.4 Å². The summed E-state index contributed by atoms with van der Waals surface area (Å²) in [4.78, 5) is 0. The molecule has 0 aromatic rings. The van der Waals surface area contributed by atoms with Gasteiger partial charge in [0.1, 0.15) is 0 Å². The largest absolute Gasteiger partial charge is 1.00 e. The molecule has 0 N–H and O–H groups in total. The molecule has 0 aliphatic carbocycles. The van der Waals surface area contributed by atoms with Gasteiger partial charge in [-0.25, -0.2) is 8.42 Å². The summed E-state index contributed by atoms with van der Waals surface area (Å²) in [6.45, 7) is 4.53. The van der Waals surface area contributed by atoms with Crippen molar-refractivity contribution in [1.82, 2.24) is 0 Å². The Morgan fingerprint density at radius 3 is 1.17 bits per heavy atom. The minimum Gasteiger partial charge on any atom is -0.726 e. The number of allylic oxidation sites excluding steroid dienone is 1. The second-order valence-corrected chi connectivity index (χ2v) is 13.7. The molecule has 6 heteroatoms. The Morgan fingerprint density at radius 2 is 0.833 bits per heavy atom. The van der Waals surface area contributed by atoms with Crippen LogP contribution >= 0.6 is 0 Å². The van der Waals surface area contributed by atoms with Crippen LogP contribution in [0.15, 0.2) is 12.2 Å². The van der Waals surface area contributed by atoms with Crippen LogP contribution in [0.3, 0.4) is 0 Å². The fourth-order valence-electron chi connectivity index (χ4n) is 5.75. The summed E-state index contributed by atoms with van der Waals surface area (Å²) in [6.07, 6.45) is 43.8. The maximum atomic E-state index is 11.0. The van der Waals surface area contributed by atoms with E-state index in [1.807, 2.05) is 0 Å². The van der Waals surface area contributed by atoms with Crippen LogP contribution in [-0.4, -0.2) is 19.6 Å². The molecule has 0 fully saturated rings. The second kappa shape index (κ2) is 36.7. The van der Waals surface area contributed by atoms with E-state index < -0.39 is 10.4 Å². The molecule has 246 valence electrons. The first-order chi connectivity index (χ1) is 20.0. The third-order valence-corrected chi connectivity index (χ3v) is 8.91. The van der Waals surface area contributed by atoms with Crippen molar-refractivity contribution in [1.29, 1.82) is 0 Å². The van der Waals surface area contributed by atoms with E-state index >= 15 is 0 Å². The Morgan fingerprint density at radius 1 is 0.524 bits per heavy atom. The summed E-state index contributed by atoms with van der Waals surface area (Å²) < 4.78 is 37.5. The van der Waals surface area contributed by atoms with Crippen molar-refractivity contribution in [3.63, 3.8) is 0 Å². The van der Waals surface area contributed by atoms with Crippen LogP contribution in [0.25, 0.3) is 0 Å². The van der Waals surface area contributed by atoms with Gasteiger partial charge in [-0.05, 0) is 19.3 Å². The van der Waals surface area contributed by atoms with Gasteiger partial charge in [0, 0.05) is 5.92 Å². The summed E-state index contributed by atoms with van der Waals surface area (Å²) in [5, 5.41) is 0. The summed E-state index contributed by atoms with van der Waals surface area (Å²) in [6, 6.07) is 0. The smallest absolute Gasteiger partial charge is 0.726 e. The molecule has 0 bridgehead atoms. The molecule has 0 radical (unpaired) electrons. The van der Waals surface area contributed by atoms with Gasteiger partial charge in [-0.1, -0.05) is 199 Å². The van der Waals surface area contributed by atoms with Crippen LogP contribution in [0.4, 0.5) is 0 Å². The number of unbranched alkanes of at least 4 members (excludes halogenated alkanes) is 27. The first-order valence-corrected chi connectivity index (χ1v) is 19.6. The van der Waals surface area contributed by atoms with E-state index in [9.17, 15) is 13.0 Å². The van der Waals surface area contributed by atoms with Gasteiger partial charge in [-0.15, -0.1) is 0 Å². The van der Waals surface area contributed by atoms with Crippen molar-refractivity contribution in [2.45, 2.75) is 206 Å². The second-order valence-electron chi connectivity index (χ2n) is 12.7. The third kappa shape index (κ3) is 39.3. The minimum atomic E-state index is -4.62. The van der Waals surface area contributed by atoms with Gasteiger partial charge in [-0.3, -0.25) is 4.18 Å². The van der Waals surface area contributed by atoms with E-state index in [-0.39, 0.29) is 63.9 Å². The number of rotatable bonds is 34. The van der Waals surface area contributed by atoms with Gasteiger partial charge in [0.15, 0.2) is 0 Å². The zero-order chi connectivity index (χ0) is 30.1. The van der Waals surface area contributed by atoms with Crippen molar-refractivity contribution in [3.8, 4) is 0 Å². The Bertz CT molecular complexity index is 638. The maximum absolute atomic E-state index is 11.0. The number of hydrogen-bond donors (Lipinski definition) is 0. The van der Waals surface area contributed by atoms with Gasteiger partial charge in [0.05, 0.1) is 6.61 Å². The van der Waals surface area contributed by atoms with Crippen molar-refractivity contribution in [2.75, 3.05) is 6.61 Å². The normalized spacial score (nSPS) is 12.6. The van der Waals surface area contributed by atoms with E-state index in [1.54, 1.807) is 0 Å². The van der Waals surface area contributed by atoms with Crippen LogP contribution in [0.5, 0.6) is 0 Å². The van der Waals surface area contributed by atoms with Gasteiger partial charge < -0.3 is 4.55 Å².